The Morgan fingerprint density at radius 1 is 1.42 bits per heavy atom. The van der Waals surface area contributed by atoms with Crippen LogP contribution in [0.4, 0.5) is 19.0 Å². The van der Waals surface area contributed by atoms with Crippen molar-refractivity contribution in [3.8, 4) is 0 Å². The SMILES string of the molecule is CC1CCCC(O)(CNc2nc(F)c(F)cc2F)C1. The van der Waals surface area contributed by atoms with Crippen LogP contribution in [0.3, 0.4) is 0 Å². The standard InChI is InChI=1S/C13H17F3N2O/c1-8-3-2-4-13(19,6-8)7-17-12-10(15)5-9(14)11(16)18-12/h5,8,19H,2-4,6-7H2,1H3,(H,17,18). The number of aromatic nitrogens is 1. The van der Waals surface area contributed by atoms with E-state index in [1.807, 2.05) is 6.92 Å². The van der Waals surface area contributed by atoms with E-state index in [9.17, 15) is 18.3 Å². The summed E-state index contributed by atoms with van der Waals surface area (Å²) in [6, 6.07) is 0.443. The van der Waals surface area contributed by atoms with Crippen LogP contribution in [0, 0.1) is 23.5 Å². The van der Waals surface area contributed by atoms with Crippen molar-refractivity contribution >= 4 is 5.82 Å². The van der Waals surface area contributed by atoms with Crippen molar-refractivity contribution in [3.05, 3.63) is 23.6 Å². The number of nitrogens with zero attached hydrogens (tertiary/aromatic N) is 1. The van der Waals surface area contributed by atoms with Crippen molar-refractivity contribution in [1.29, 1.82) is 0 Å². The lowest BCUT2D eigenvalue weighted by atomic mass is 9.79. The minimum Gasteiger partial charge on any atom is -0.388 e. The molecule has 1 saturated carbocycles. The van der Waals surface area contributed by atoms with E-state index in [1.54, 1.807) is 0 Å². The molecule has 3 nitrogen and oxygen atoms in total. The van der Waals surface area contributed by atoms with Gasteiger partial charge in [0.15, 0.2) is 17.5 Å². The van der Waals surface area contributed by atoms with Gasteiger partial charge >= 0.3 is 0 Å². The van der Waals surface area contributed by atoms with Crippen LogP contribution in [-0.2, 0) is 0 Å². The monoisotopic (exact) mass is 274 g/mol. The van der Waals surface area contributed by atoms with Gasteiger partial charge in [-0.3, -0.25) is 0 Å². The molecule has 1 heterocycles. The van der Waals surface area contributed by atoms with Crippen molar-refractivity contribution in [2.75, 3.05) is 11.9 Å². The fraction of sp³-hybridized carbons (Fsp3) is 0.615. The number of hydrogen-bond acceptors (Lipinski definition) is 3. The number of nitrogens with one attached hydrogen (secondary N) is 1. The first-order valence-corrected chi connectivity index (χ1v) is 6.37. The Bertz CT molecular complexity index is 469. The van der Waals surface area contributed by atoms with Crippen molar-refractivity contribution in [1.82, 2.24) is 4.98 Å². The zero-order valence-electron chi connectivity index (χ0n) is 10.7. The van der Waals surface area contributed by atoms with Crippen molar-refractivity contribution in [2.24, 2.45) is 5.92 Å². The van der Waals surface area contributed by atoms with E-state index in [4.69, 9.17) is 0 Å². The Morgan fingerprint density at radius 3 is 2.84 bits per heavy atom. The van der Waals surface area contributed by atoms with Gasteiger partial charge in [-0.05, 0) is 18.8 Å². The maximum atomic E-state index is 13.4. The molecule has 1 fully saturated rings. The zero-order chi connectivity index (χ0) is 14.0. The van der Waals surface area contributed by atoms with Crippen LogP contribution in [0.2, 0.25) is 0 Å². The van der Waals surface area contributed by atoms with Crippen LogP contribution in [0.25, 0.3) is 0 Å². The zero-order valence-corrected chi connectivity index (χ0v) is 10.7. The number of rotatable bonds is 3. The fourth-order valence-corrected chi connectivity index (χ4v) is 2.61. The molecule has 0 saturated heterocycles. The number of halogens is 3. The first-order valence-electron chi connectivity index (χ1n) is 6.37. The Labute approximate surface area is 109 Å². The predicted molar refractivity (Wildman–Crippen MR) is 65.2 cm³/mol. The van der Waals surface area contributed by atoms with Gasteiger partial charge in [-0.15, -0.1) is 0 Å². The maximum Gasteiger partial charge on any atom is 0.251 e. The van der Waals surface area contributed by atoms with Crippen LogP contribution < -0.4 is 5.32 Å². The lowest BCUT2D eigenvalue weighted by molar-refractivity contribution is -0.000888. The second-order valence-electron chi connectivity index (χ2n) is 5.37. The molecule has 0 amide bonds. The molecule has 1 aliphatic carbocycles. The molecule has 2 atom stereocenters. The molecule has 2 N–H and O–H groups in total. The third kappa shape index (κ3) is 3.37. The highest BCUT2D eigenvalue weighted by molar-refractivity contribution is 5.36. The van der Waals surface area contributed by atoms with E-state index < -0.39 is 23.2 Å². The van der Waals surface area contributed by atoms with E-state index in [-0.39, 0.29) is 12.4 Å². The summed E-state index contributed by atoms with van der Waals surface area (Å²) in [6.07, 6.45) is 3.16. The second-order valence-corrected chi connectivity index (χ2v) is 5.37. The van der Waals surface area contributed by atoms with Gasteiger partial charge in [0.1, 0.15) is 0 Å². The van der Waals surface area contributed by atoms with Gasteiger partial charge in [0.05, 0.1) is 5.60 Å². The molecule has 1 aromatic rings. The summed E-state index contributed by atoms with van der Waals surface area (Å²) in [5.74, 6) is -3.62. The van der Waals surface area contributed by atoms with Crippen molar-refractivity contribution in [2.45, 2.75) is 38.2 Å². The number of anilines is 1. The average molecular weight is 274 g/mol. The smallest absolute Gasteiger partial charge is 0.251 e. The highest BCUT2D eigenvalue weighted by atomic mass is 19.2. The van der Waals surface area contributed by atoms with E-state index in [1.165, 1.54) is 0 Å². The van der Waals surface area contributed by atoms with Crippen LogP contribution in [0.1, 0.15) is 32.6 Å². The summed E-state index contributed by atoms with van der Waals surface area (Å²) >= 11 is 0. The molecule has 6 heteroatoms. The van der Waals surface area contributed by atoms with Gasteiger partial charge in [-0.2, -0.15) is 9.37 Å². The molecular weight excluding hydrogens is 257 g/mol. The fourth-order valence-electron chi connectivity index (χ4n) is 2.61. The molecule has 1 aromatic heterocycles. The molecule has 0 spiro atoms. The minimum atomic E-state index is -1.35. The highest BCUT2D eigenvalue weighted by Gasteiger charge is 2.32. The molecule has 0 bridgehead atoms. The van der Waals surface area contributed by atoms with Crippen LogP contribution in [0.15, 0.2) is 6.07 Å². The predicted octanol–water partition coefficient (Wildman–Crippen LogP) is 2.85. The first kappa shape index (κ1) is 14.1. The summed E-state index contributed by atoms with van der Waals surface area (Å²) in [6.45, 7) is 2.12. The van der Waals surface area contributed by atoms with E-state index >= 15 is 0 Å². The molecule has 0 aliphatic heterocycles. The molecule has 2 unspecified atom stereocenters. The average Bonchev–Trinajstić information content (AvgIpc) is 2.32. The molecule has 106 valence electrons. The Balaban J connectivity index is 2.04. The third-order valence-corrected chi connectivity index (χ3v) is 3.54. The molecular formula is C13H17F3N2O. The van der Waals surface area contributed by atoms with Gasteiger partial charge in [-0.1, -0.05) is 19.8 Å². The molecule has 0 aromatic carbocycles. The quantitative estimate of drug-likeness (QED) is 0.833. The molecule has 19 heavy (non-hydrogen) atoms. The largest absolute Gasteiger partial charge is 0.388 e. The third-order valence-electron chi connectivity index (χ3n) is 3.54. The molecule has 0 radical (unpaired) electrons. The summed E-state index contributed by atoms with van der Waals surface area (Å²) in [4.78, 5) is 3.17. The van der Waals surface area contributed by atoms with Gasteiger partial charge in [0, 0.05) is 12.6 Å². The minimum absolute atomic E-state index is 0.0757. The van der Waals surface area contributed by atoms with Crippen LogP contribution in [0.5, 0.6) is 0 Å². The van der Waals surface area contributed by atoms with E-state index in [0.29, 0.717) is 24.8 Å². The Kier molecular flexibility index (Phi) is 3.99. The second kappa shape index (κ2) is 5.36. The van der Waals surface area contributed by atoms with Crippen LogP contribution in [-0.4, -0.2) is 22.2 Å². The number of pyridine rings is 1. The molecule has 1 aliphatic rings. The van der Waals surface area contributed by atoms with E-state index in [0.717, 1.165) is 12.8 Å². The topological polar surface area (TPSA) is 45.1 Å². The summed E-state index contributed by atoms with van der Waals surface area (Å²) in [7, 11) is 0. The van der Waals surface area contributed by atoms with Crippen LogP contribution >= 0.6 is 0 Å². The normalized spacial score (nSPS) is 27.3. The number of aliphatic hydroxyl groups is 1. The summed E-state index contributed by atoms with van der Waals surface area (Å²) < 4.78 is 39.0. The number of hydrogen-bond donors (Lipinski definition) is 2. The van der Waals surface area contributed by atoms with Gasteiger partial charge in [0.2, 0.25) is 0 Å². The Hall–Kier alpha value is -1.30. The summed E-state index contributed by atoms with van der Waals surface area (Å²) in [5.41, 5.74) is -0.948. The lowest BCUT2D eigenvalue weighted by Gasteiger charge is -2.35. The Morgan fingerprint density at radius 2 is 2.16 bits per heavy atom. The highest BCUT2D eigenvalue weighted by Crippen LogP contribution is 2.32. The van der Waals surface area contributed by atoms with E-state index in [2.05, 4.69) is 10.3 Å². The van der Waals surface area contributed by atoms with Crippen molar-refractivity contribution in [3.63, 3.8) is 0 Å². The molecule has 2 rings (SSSR count). The lowest BCUT2D eigenvalue weighted by Crippen LogP contribution is -2.41. The van der Waals surface area contributed by atoms with Gasteiger partial charge in [-0.25, -0.2) is 8.78 Å². The van der Waals surface area contributed by atoms with Gasteiger partial charge in [0.25, 0.3) is 5.95 Å². The van der Waals surface area contributed by atoms with Gasteiger partial charge < -0.3 is 10.4 Å². The maximum absolute atomic E-state index is 13.4. The first-order chi connectivity index (χ1) is 8.89. The van der Waals surface area contributed by atoms with Crippen molar-refractivity contribution < 1.29 is 18.3 Å². The summed E-state index contributed by atoms with van der Waals surface area (Å²) in [5, 5.41) is 12.9.